The monoisotopic (exact) mass is 191 g/mol. The molecule has 1 aromatic heterocycles. The number of rotatable bonds is 3. The van der Waals surface area contributed by atoms with E-state index in [-0.39, 0.29) is 0 Å². The molecule has 0 aromatic carbocycles. The zero-order chi connectivity index (χ0) is 9.97. The highest BCUT2D eigenvalue weighted by atomic mass is 15.1. The molecule has 76 valence electrons. The van der Waals surface area contributed by atoms with Gasteiger partial charge in [-0.05, 0) is 25.3 Å². The van der Waals surface area contributed by atoms with Crippen LogP contribution in [0.4, 0.5) is 5.69 Å². The van der Waals surface area contributed by atoms with Crippen molar-refractivity contribution in [3.8, 4) is 0 Å². The molecule has 2 N–H and O–H groups in total. The summed E-state index contributed by atoms with van der Waals surface area (Å²) in [5.74, 6) is 0. The maximum absolute atomic E-state index is 5.68. The van der Waals surface area contributed by atoms with E-state index in [4.69, 9.17) is 5.73 Å². The fourth-order valence-electron chi connectivity index (χ4n) is 1.89. The average Bonchev–Trinajstić information content (AvgIpc) is 2.15. The Bertz CT molecular complexity index is 307. The molecule has 3 heteroatoms. The van der Waals surface area contributed by atoms with Crippen LogP contribution in [0.1, 0.15) is 24.8 Å². The Morgan fingerprint density at radius 1 is 1.57 bits per heavy atom. The van der Waals surface area contributed by atoms with Crippen molar-refractivity contribution in [3.63, 3.8) is 0 Å². The van der Waals surface area contributed by atoms with E-state index in [2.05, 4.69) is 23.0 Å². The summed E-state index contributed by atoms with van der Waals surface area (Å²) in [5, 5.41) is 0. The van der Waals surface area contributed by atoms with Gasteiger partial charge in [0.25, 0.3) is 0 Å². The number of aromatic nitrogens is 1. The van der Waals surface area contributed by atoms with Gasteiger partial charge in [-0.25, -0.2) is 0 Å². The minimum absolute atomic E-state index is 0.570. The SMILES string of the molecule is CN(c1ccncc1CN)C1CCC1. The van der Waals surface area contributed by atoms with Gasteiger partial charge < -0.3 is 10.6 Å². The molecule has 2 rings (SSSR count). The van der Waals surface area contributed by atoms with E-state index in [9.17, 15) is 0 Å². The number of nitrogens with zero attached hydrogens (tertiary/aromatic N) is 2. The van der Waals surface area contributed by atoms with E-state index in [1.54, 1.807) is 0 Å². The molecule has 1 aliphatic rings. The molecule has 0 aliphatic heterocycles. The highest BCUT2D eigenvalue weighted by molar-refractivity contribution is 5.52. The first-order chi connectivity index (χ1) is 6.83. The summed E-state index contributed by atoms with van der Waals surface area (Å²) in [4.78, 5) is 6.44. The Hall–Kier alpha value is -1.09. The molecule has 0 bridgehead atoms. The lowest BCUT2D eigenvalue weighted by atomic mass is 9.91. The molecule has 0 spiro atoms. The van der Waals surface area contributed by atoms with Gasteiger partial charge in [-0.3, -0.25) is 4.98 Å². The van der Waals surface area contributed by atoms with E-state index in [1.807, 2.05) is 12.4 Å². The van der Waals surface area contributed by atoms with Crippen LogP contribution in [-0.2, 0) is 6.54 Å². The smallest absolute Gasteiger partial charge is 0.0442 e. The molecule has 0 atom stereocenters. The lowest BCUT2D eigenvalue weighted by Crippen LogP contribution is -2.37. The first-order valence-electron chi connectivity index (χ1n) is 5.18. The number of anilines is 1. The Morgan fingerprint density at radius 2 is 2.36 bits per heavy atom. The first-order valence-corrected chi connectivity index (χ1v) is 5.18. The maximum Gasteiger partial charge on any atom is 0.0442 e. The second-order valence-corrected chi connectivity index (χ2v) is 3.90. The minimum Gasteiger partial charge on any atom is -0.371 e. The molecule has 1 saturated carbocycles. The van der Waals surface area contributed by atoms with Gasteiger partial charge in [0.15, 0.2) is 0 Å². The largest absolute Gasteiger partial charge is 0.371 e. The molecule has 14 heavy (non-hydrogen) atoms. The van der Waals surface area contributed by atoms with Crippen molar-refractivity contribution in [2.24, 2.45) is 5.73 Å². The van der Waals surface area contributed by atoms with E-state index in [0.717, 1.165) is 5.56 Å². The lowest BCUT2D eigenvalue weighted by Gasteiger charge is -2.37. The zero-order valence-corrected chi connectivity index (χ0v) is 8.61. The lowest BCUT2D eigenvalue weighted by molar-refractivity contribution is 0.400. The van der Waals surface area contributed by atoms with E-state index in [1.165, 1.54) is 24.9 Å². The van der Waals surface area contributed by atoms with Crippen LogP contribution in [-0.4, -0.2) is 18.1 Å². The molecule has 0 amide bonds. The predicted molar refractivity (Wildman–Crippen MR) is 58.2 cm³/mol. The normalized spacial score (nSPS) is 16.4. The third kappa shape index (κ3) is 1.60. The van der Waals surface area contributed by atoms with Crippen molar-refractivity contribution in [1.82, 2.24) is 4.98 Å². The molecule has 0 unspecified atom stereocenters. The van der Waals surface area contributed by atoms with Crippen molar-refractivity contribution < 1.29 is 0 Å². The second kappa shape index (κ2) is 3.96. The molecule has 1 aromatic rings. The van der Waals surface area contributed by atoms with Gasteiger partial charge in [-0.2, -0.15) is 0 Å². The van der Waals surface area contributed by atoms with Gasteiger partial charge in [0, 0.05) is 43.3 Å². The van der Waals surface area contributed by atoms with Crippen LogP contribution in [0.25, 0.3) is 0 Å². The molecular weight excluding hydrogens is 174 g/mol. The summed E-state index contributed by atoms with van der Waals surface area (Å²) in [6.07, 6.45) is 7.68. The Morgan fingerprint density at radius 3 is 2.93 bits per heavy atom. The number of pyridine rings is 1. The summed E-state index contributed by atoms with van der Waals surface area (Å²) in [5.41, 5.74) is 8.06. The Labute approximate surface area is 84.9 Å². The fourth-order valence-corrected chi connectivity index (χ4v) is 1.89. The van der Waals surface area contributed by atoms with Crippen molar-refractivity contribution >= 4 is 5.69 Å². The van der Waals surface area contributed by atoms with E-state index >= 15 is 0 Å². The average molecular weight is 191 g/mol. The molecular formula is C11H17N3. The van der Waals surface area contributed by atoms with Crippen LogP contribution >= 0.6 is 0 Å². The fraction of sp³-hybridized carbons (Fsp3) is 0.545. The predicted octanol–water partition coefficient (Wildman–Crippen LogP) is 1.53. The summed E-state index contributed by atoms with van der Waals surface area (Å²) < 4.78 is 0. The summed E-state index contributed by atoms with van der Waals surface area (Å²) in [6.45, 7) is 0.570. The summed E-state index contributed by atoms with van der Waals surface area (Å²) >= 11 is 0. The van der Waals surface area contributed by atoms with Crippen molar-refractivity contribution in [1.29, 1.82) is 0 Å². The standard InChI is InChI=1S/C11H17N3/c1-14(10-3-2-4-10)11-5-6-13-8-9(11)7-12/h5-6,8,10H,2-4,7,12H2,1H3. The van der Waals surface area contributed by atoms with Gasteiger partial charge in [0.05, 0.1) is 0 Å². The van der Waals surface area contributed by atoms with Gasteiger partial charge >= 0.3 is 0 Å². The third-order valence-corrected chi connectivity index (χ3v) is 3.10. The van der Waals surface area contributed by atoms with Crippen molar-refractivity contribution in [3.05, 3.63) is 24.0 Å². The Kier molecular flexibility index (Phi) is 2.68. The number of hydrogen-bond donors (Lipinski definition) is 1. The van der Waals surface area contributed by atoms with Crippen LogP contribution in [0.2, 0.25) is 0 Å². The van der Waals surface area contributed by atoms with Gasteiger partial charge in [0.2, 0.25) is 0 Å². The quantitative estimate of drug-likeness (QED) is 0.787. The van der Waals surface area contributed by atoms with Crippen LogP contribution < -0.4 is 10.6 Å². The van der Waals surface area contributed by atoms with E-state index < -0.39 is 0 Å². The second-order valence-electron chi connectivity index (χ2n) is 3.90. The Balaban J connectivity index is 2.20. The number of nitrogens with two attached hydrogens (primary N) is 1. The number of hydrogen-bond acceptors (Lipinski definition) is 3. The van der Waals surface area contributed by atoms with Crippen LogP contribution in [0.15, 0.2) is 18.5 Å². The van der Waals surface area contributed by atoms with Gasteiger partial charge in [0.1, 0.15) is 0 Å². The molecule has 0 radical (unpaired) electrons. The molecule has 1 fully saturated rings. The minimum atomic E-state index is 0.570. The maximum atomic E-state index is 5.68. The van der Waals surface area contributed by atoms with Crippen molar-refractivity contribution in [2.45, 2.75) is 31.8 Å². The topological polar surface area (TPSA) is 42.2 Å². The zero-order valence-electron chi connectivity index (χ0n) is 8.61. The first kappa shape index (κ1) is 9.46. The highest BCUT2D eigenvalue weighted by Crippen LogP contribution is 2.29. The van der Waals surface area contributed by atoms with Gasteiger partial charge in [-0.1, -0.05) is 0 Å². The van der Waals surface area contributed by atoms with Gasteiger partial charge in [-0.15, -0.1) is 0 Å². The molecule has 3 nitrogen and oxygen atoms in total. The summed E-state index contributed by atoms with van der Waals surface area (Å²) in [6, 6.07) is 2.77. The van der Waals surface area contributed by atoms with Crippen LogP contribution in [0.3, 0.4) is 0 Å². The van der Waals surface area contributed by atoms with E-state index in [0.29, 0.717) is 12.6 Å². The van der Waals surface area contributed by atoms with Crippen LogP contribution in [0.5, 0.6) is 0 Å². The molecule has 0 saturated heterocycles. The third-order valence-electron chi connectivity index (χ3n) is 3.10. The van der Waals surface area contributed by atoms with Crippen molar-refractivity contribution in [2.75, 3.05) is 11.9 Å². The van der Waals surface area contributed by atoms with Crippen LogP contribution in [0, 0.1) is 0 Å². The molecule has 1 aliphatic carbocycles. The summed E-state index contributed by atoms with van der Waals surface area (Å²) in [7, 11) is 2.15. The highest BCUT2D eigenvalue weighted by Gasteiger charge is 2.23. The molecule has 1 heterocycles.